The van der Waals surface area contributed by atoms with E-state index in [0.717, 1.165) is 18.7 Å². The summed E-state index contributed by atoms with van der Waals surface area (Å²) in [4.78, 5) is 0. The fourth-order valence-corrected chi connectivity index (χ4v) is 1.96. The summed E-state index contributed by atoms with van der Waals surface area (Å²) in [6.07, 6.45) is 2.98. The van der Waals surface area contributed by atoms with Gasteiger partial charge in [-0.15, -0.1) is 0 Å². The summed E-state index contributed by atoms with van der Waals surface area (Å²) in [6, 6.07) is 14.2. The lowest BCUT2D eigenvalue weighted by Gasteiger charge is -2.12. The number of rotatable bonds is 6. The molecule has 2 rings (SSSR count). The molecular formula is C15H20N2O. The molecule has 0 aliphatic heterocycles. The smallest absolute Gasteiger partial charge is 0.119 e. The van der Waals surface area contributed by atoms with E-state index in [0.29, 0.717) is 6.61 Å². The summed E-state index contributed by atoms with van der Waals surface area (Å²) in [5.74, 6) is 0.915. The lowest BCUT2D eigenvalue weighted by molar-refractivity contribution is 0.296. The van der Waals surface area contributed by atoms with Gasteiger partial charge in [-0.3, -0.25) is 0 Å². The first kappa shape index (κ1) is 12.7. The minimum atomic E-state index is 0.189. The number of ether oxygens (including phenoxy) is 1. The minimum Gasteiger partial charge on any atom is -0.492 e. The third kappa shape index (κ3) is 3.64. The minimum absolute atomic E-state index is 0.189. The van der Waals surface area contributed by atoms with Gasteiger partial charge in [-0.25, -0.2) is 0 Å². The van der Waals surface area contributed by atoms with Gasteiger partial charge in [-0.2, -0.15) is 0 Å². The quantitative estimate of drug-likeness (QED) is 0.848. The molecule has 0 fully saturated rings. The molecule has 96 valence electrons. The molecule has 1 atom stereocenters. The van der Waals surface area contributed by atoms with Crippen LogP contribution in [0.3, 0.4) is 0 Å². The largest absolute Gasteiger partial charge is 0.492 e. The number of nitrogens with zero attached hydrogens (tertiary/aromatic N) is 1. The second kappa shape index (κ2) is 6.26. The third-order valence-corrected chi connectivity index (χ3v) is 2.80. The highest BCUT2D eigenvalue weighted by atomic mass is 16.5. The monoisotopic (exact) mass is 244 g/mol. The van der Waals surface area contributed by atoms with E-state index in [1.54, 1.807) is 0 Å². The first-order valence-electron chi connectivity index (χ1n) is 6.33. The summed E-state index contributed by atoms with van der Waals surface area (Å²) < 4.78 is 7.89. The van der Waals surface area contributed by atoms with Crippen molar-refractivity contribution < 1.29 is 4.74 Å². The van der Waals surface area contributed by atoms with E-state index in [1.807, 2.05) is 37.3 Å². The molecule has 1 unspecified atom stereocenters. The van der Waals surface area contributed by atoms with Crippen LogP contribution >= 0.6 is 0 Å². The van der Waals surface area contributed by atoms with Crippen LogP contribution in [0.5, 0.6) is 5.75 Å². The molecule has 0 saturated carbocycles. The van der Waals surface area contributed by atoms with Crippen molar-refractivity contribution in [2.45, 2.75) is 25.9 Å². The summed E-state index contributed by atoms with van der Waals surface area (Å²) in [7, 11) is 0. The molecule has 0 spiro atoms. The Morgan fingerprint density at radius 3 is 2.67 bits per heavy atom. The number of hydrogen-bond acceptors (Lipinski definition) is 2. The van der Waals surface area contributed by atoms with Crippen LogP contribution in [0, 0.1) is 0 Å². The highest BCUT2D eigenvalue weighted by molar-refractivity contribution is 5.20. The van der Waals surface area contributed by atoms with Gasteiger partial charge in [-0.05, 0) is 31.2 Å². The van der Waals surface area contributed by atoms with Crippen LogP contribution in [0.15, 0.2) is 48.7 Å². The summed E-state index contributed by atoms with van der Waals surface area (Å²) in [5, 5.41) is 0. The zero-order valence-electron chi connectivity index (χ0n) is 10.8. The van der Waals surface area contributed by atoms with Crippen LogP contribution in [0.1, 0.15) is 12.6 Å². The van der Waals surface area contributed by atoms with E-state index in [-0.39, 0.29) is 6.04 Å². The van der Waals surface area contributed by atoms with Crippen LogP contribution in [0.25, 0.3) is 0 Å². The van der Waals surface area contributed by atoms with E-state index < -0.39 is 0 Å². The van der Waals surface area contributed by atoms with Crippen molar-refractivity contribution >= 4 is 0 Å². The molecule has 0 aliphatic rings. The van der Waals surface area contributed by atoms with Crippen molar-refractivity contribution in [1.29, 1.82) is 0 Å². The number of benzene rings is 1. The molecule has 1 aromatic carbocycles. The Bertz CT molecular complexity index is 462. The summed E-state index contributed by atoms with van der Waals surface area (Å²) in [5.41, 5.74) is 7.09. The van der Waals surface area contributed by atoms with Crippen LogP contribution in [-0.2, 0) is 13.0 Å². The fraction of sp³-hybridized carbons (Fsp3) is 0.333. The summed E-state index contributed by atoms with van der Waals surface area (Å²) in [6.45, 7) is 3.55. The van der Waals surface area contributed by atoms with Gasteiger partial charge >= 0.3 is 0 Å². The second-order valence-electron chi connectivity index (χ2n) is 4.54. The number of aromatic nitrogens is 1. The van der Waals surface area contributed by atoms with Gasteiger partial charge in [0, 0.05) is 24.4 Å². The van der Waals surface area contributed by atoms with Crippen LogP contribution in [0.2, 0.25) is 0 Å². The molecule has 1 heterocycles. The maximum Gasteiger partial charge on any atom is 0.119 e. The van der Waals surface area contributed by atoms with Gasteiger partial charge in [0.25, 0.3) is 0 Å². The zero-order chi connectivity index (χ0) is 12.8. The average Bonchev–Trinajstić information content (AvgIpc) is 2.77. The molecule has 1 aromatic heterocycles. The van der Waals surface area contributed by atoms with Crippen molar-refractivity contribution in [2.24, 2.45) is 5.73 Å². The van der Waals surface area contributed by atoms with E-state index >= 15 is 0 Å². The van der Waals surface area contributed by atoms with E-state index in [4.69, 9.17) is 10.5 Å². The zero-order valence-corrected chi connectivity index (χ0v) is 10.8. The molecule has 0 aliphatic carbocycles. The maximum atomic E-state index is 5.83. The molecule has 18 heavy (non-hydrogen) atoms. The third-order valence-electron chi connectivity index (χ3n) is 2.80. The first-order chi connectivity index (χ1) is 8.75. The van der Waals surface area contributed by atoms with Crippen molar-refractivity contribution in [3.63, 3.8) is 0 Å². The predicted molar refractivity (Wildman–Crippen MR) is 73.7 cm³/mol. The Morgan fingerprint density at radius 1 is 1.17 bits per heavy atom. The highest BCUT2D eigenvalue weighted by Gasteiger charge is 2.03. The number of para-hydroxylation sites is 1. The Morgan fingerprint density at radius 2 is 1.94 bits per heavy atom. The van der Waals surface area contributed by atoms with E-state index in [1.165, 1.54) is 5.69 Å². The van der Waals surface area contributed by atoms with Gasteiger partial charge in [0.15, 0.2) is 0 Å². The molecule has 3 nitrogen and oxygen atoms in total. The number of hydrogen-bond donors (Lipinski definition) is 1. The fourth-order valence-electron chi connectivity index (χ4n) is 1.96. The van der Waals surface area contributed by atoms with E-state index in [9.17, 15) is 0 Å². The topological polar surface area (TPSA) is 40.2 Å². The van der Waals surface area contributed by atoms with Crippen LogP contribution < -0.4 is 10.5 Å². The van der Waals surface area contributed by atoms with Gasteiger partial charge < -0.3 is 15.0 Å². The summed E-state index contributed by atoms with van der Waals surface area (Å²) >= 11 is 0. The Kier molecular flexibility index (Phi) is 4.42. The van der Waals surface area contributed by atoms with Crippen molar-refractivity contribution in [3.05, 3.63) is 54.4 Å². The average molecular weight is 244 g/mol. The van der Waals surface area contributed by atoms with Gasteiger partial charge in [-0.1, -0.05) is 18.2 Å². The normalized spacial score (nSPS) is 12.3. The van der Waals surface area contributed by atoms with Gasteiger partial charge in [0.1, 0.15) is 12.4 Å². The second-order valence-corrected chi connectivity index (χ2v) is 4.54. The van der Waals surface area contributed by atoms with Gasteiger partial charge in [0.05, 0.1) is 6.54 Å². The van der Waals surface area contributed by atoms with Crippen LogP contribution in [-0.4, -0.2) is 17.2 Å². The Labute approximate surface area is 108 Å². The lowest BCUT2D eigenvalue weighted by atomic mass is 10.2. The van der Waals surface area contributed by atoms with Crippen molar-refractivity contribution in [3.8, 4) is 5.75 Å². The molecule has 0 saturated heterocycles. The highest BCUT2D eigenvalue weighted by Crippen LogP contribution is 2.09. The molecule has 0 amide bonds. The first-order valence-corrected chi connectivity index (χ1v) is 6.33. The molecular weight excluding hydrogens is 224 g/mol. The number of nitrogens with two attached hydrogens (primary N) is 1. The Balaban J connectivity index is 1.85. The molecule has 2 aromatic rings. The SMILES string of the molecule is CC(N)Cc1cccn1CCOc1ccccc1. The molecule has 2 N–H and O–H groups in total. The predicted octanol–water partition coefficient (Wildman–Crippen LogP) is 2.46. The lowest BCUT2D eigenvalue weighted by Crippen LogP contribution is -2.20. The standard InChI is InChI=1S/C15H20N2O/c1-13(16)12-14-6-5-9-17(14)10-11-18-15-7-3-2-4-8-15/h2-9,13H,10-12,16H2,1H3. The van der Waals surface area contributed by atoms with Crippen molar-refractivity contribution in [1.82, 2.24) is 4.57 Å². The molecule has 0 radical (unpaired) electrons. The molecule has 3 heteroatoms. The Hall–Kier alpha value is -1.74. The van der Waals surface area contributed by atoms with Gasteiger partial charge in [0.2, 0.25) is 0 Å². The maximum absolute atomic E-state index is 5.83. The van der Waals surface area contributed by atoms with E-state index in [2.05, 4.69) is 22.9 Å². The van der Waals surface area contributed by atoms with Crippen LogP contribution in [0.4, 0.5) is 0 Å². The van der Waals surface area contributed by atoms with Crippen molar-refractivity contribution in [2.75, 3.05) is 6.61 Å². The molecule has 0 bridgehead atoms.